The van der Waals surface area contributed by atoms with E-state index in [1.807, 2.05) is 21.1 Å². The summed E-state index contributed by atoms with van der Waals surface area (Å²) in [6, 6.07) is 0. The molecular weight excluding hydrogens is 1220 g/mol. The number of carbonyl (C=O) groups is 3. The number of ether oxygens (including phenoxy) is 4. The van der Waals surface area contributed by atoms with Gasteiger partial charge in [-0.1, -0.05) is 330 Å². The van der Waals surface area contributed by atoms with Crippen LogP contribution in [0.1, 0.15) is 284 Å². The summed E-state index contributed by atoms with van der Waals surface area (Å²) < 4.78 is 23.0. The number of nitrogens with zero attached hydrogens (tertiary/aromatic N) is 1. The van der Waals surface area contributed by atoms with Crippen LogP contribution < -0.4 is 0 Å². The van der Waals surface area contributed by atoms with E-state index < -0.39 is 24.3 Å². The Hall–Kier alpha value is -6.13. The molecule has 0 fully saturated rings. The average Bonchev–Trinajstić information content (AvgIpc) is 2.19. The number of quaternary nitrogens is 1. The van der Waals surface area contributed by atoms with Crippen LogP contribution in [0.3, 0.4) is 0 Å². The largest absolute Gasteiger partial charge is 0.477 e. The van der Waals surface area contributed by atoms with E-state index >= 15 is 0 Å². The summed E-state index contributed by atoms with van der Waals surface area (Å²) >= 11 is 0. The van der Waals surface area contributed by atoms with E-state index in [1.54, 1.807) is 0 Å². The molecule has 0 bridgehead atoms. The quantitative estimate of drug-likeness (QED) is 0.0211. The SMILES string of the molecule is CC/C=C\C/C=C\C/C=C\C/C=C\C/C=C\C/C=C\C/C=C\C/C=C\C/C=C\CCCCCCCCCCCC(=O)OC(COC(=O)CCCCCCCCCCCCCC/C=C\C/C=C\C/C=C\C/C=C\C/C=C\C/C=C\C/C=C\C/C=C\CC)COC(OCC[N+](C)(C)C)C(=O)O. The molecule has 0 radical (unpaired) electrons. The molecule has 0 aromatic carbocycles. The number of allylic oxidation sites excluding steroid dienone is 34. The lowest BCUT2D eigenvalue weighted by Crippen LogP contribution is -2.40. The zero-order chi connectivity index (χ0) is 71.8. The number of esters is 2. The molecule has 2 unspecified atom stereocenters. The van der Waals surface area contributed by atoms with E-state index in [0.29, 0.717) is 17.4 Å². The second-order valence-corrected chi connectivity index (χ2v) is 26.6. The van der Waals surface area contributed by atoms with E-state index in [4.69, 9.17) is 18.9 Å². The molecule has 0 rings (SSSR count). The van der Waals surface area contributed by atoms with Gasteiger partial charge < -0.3 is 28.5 Å². The van der Waals surface area contributed by atoms with Crippen molar-refractivity contribution in [3.63, 3.8) is 0 Å². The van der Waals surface area contributed by atoms with Crippen molar-refractivity contribution in [3.8, 4) is 0 Å². The van der Waals surface area contributed by atoms with Crippen LogP contribution in [0.4, 0.5) is 0 Å². The maximum absolute atomic E-state index is 13.0. The molecule has 0 aromatic heterocycles. The first-order valence-electron chi connectivity index (χ1n) is 39.2. The molecule has 9 nitrogen and oxygen atoms in total. The van der Waals surface area contributed by atoms with Crippen LogP contribution in [-0.2, 0) is 33.3 Å². The molecule has 99 heavy (non-hydrogen) atoms. The van der Waals surface area contributed by atoms with Gasteiger partial charge in [-0.25, -0.2) is 4.79 Å². The van der Waals surface area contributed by atoms with Crippen LogP contribution >= 0.6 is 0 Å². The lowest BCUT2D eigenvalue weighted by Gasteiger charge is -2.25. The fraction of sp³-hybridized carbons (Fsp3) is 0.589. The van der Waals surface area contributed by atoms with Gasteiger partial charge in [0.05, 0.1) is 34.4 Å². The molecule has 0 saturated heterocycles. The van der Waals surface area contributed by atoms with Crippen molar-refractivity contribution in [2.75, 3.05) is 47.5 Å². The highest BCUT2D eigenvalue weighted by atomic mass is 16.7. The Balaban J connectivity index is 4.15. The van der Waals surface area contributed by atoms with Gasteiger partial charge in [-0.3, -0.25) is 9.59 Å². The fourth-order valence-electron chi connectivity index (χ4n) is 10.1. The summed E-state index contributed by atoms with van der Waals surface area (Å²) in [5.41, 5.74) is 0. The molecule has 0 saturated carbocycles. The van der Waals surface area contributed by atoms with Gasteiger partial charge >= 0.3 is 17.9 Å². The number of carboxylic acid groups (broad SMARTS) is 1. The maximum Gasteiger partial charge on any atom is 0.361 e. The number of hydrogen-bond acceptors (Lipinski definition) is 7. The summed E-state index contributed by atoms with van der Waals surface area (Å²) in [6.45, 7) is 4.63. The molecule has 0 spiro atoms. The fourth-order valence-corrected chi connectivity index (χ4v) is 10.1. The minimum Gasteiger partial charge on any atom is -0.477 e. The molecule has 0 amide bonds. The smallest absolute Gasteiger partial charge is 0.361 e. The normalized spacial score (nSPS) is 13.8. The Bertz CT molecular complexity index is 2390. The monoisotopic (exact) mass is 1370 g/mol. The van der Waals surface area contributed by atoms with E-state index in [-0.39, 0.29) is 38.6 Å². The predicted octanol–water partition coefficient (Wildman–Crippen LogP) is 25.5. The topological polar surface area (TPSA) is 108 Å². The summed E-state index contributed by atoms with van der Waals surface area (Å²) in [6.07, 6.45) is 118. The molecule has 0 aliphatic heterocycles. The van der Waals surface area contributed by atoms with Crippen LogP contribution in [0.15, 0.2) is 207 Å². The number of aliphatic carboxylic acids is 1. The van der Waals surface area contributed by atoms with E-state index in [9.17, 15) is 19.5 Å². The Morgan fingerprint density at radius 3 is 0.808 bits per heavy atom. The van der Waals surface area contributed by atoms with Crippen molar-refractivity contribution in [2.45, 2.75) is 296 Å². The average molecular weight is 1370 g/mol. The van der Waals surface area contributed by atoms with Crippen molar-refractivity contribution in [1.29, 1.82) is 0 Å². The van der Waals surface area contributed by atoms with Crippen LogP contribution in [-0.4, -0.2) is 87.4 Å². The Labute approximate surface area is 607 Å². The van der Waals surface area contributed by atoms with Gasteiger partial charge in [0.2, 0.25) is 0 Å². The highest BCUT2D eigenvalue weighted by Crippen LogP contribution is 2.16. The number of hydrogen-bond donors (Lipinski definition) is 1. The van der Waals surface area contributed by atoms with Gasteiger partial charge in [0, 0.05) is 12.8 Å². The van der Waals surface area contributed by atoms with Gasteiger partial charge in [0.15, 0.2) is 6.10 Å². The van der Waals surface area contributed by atoms with Gasteiger partial charge in [0.25, 0.3) is 6.29 Å². The molecule has 0 aliphatic carbocycles. The molecule has 9 heteroatoms. The summed E-state index contributed by atoms with van der Waals surface area (Å²) in [4.78, 5) is 37.7. The van der Waals surface area contributed by atoms with Crippen molar-refractivity contribution >= 4 is 17.9 Å². The minimum absolute atomic E-state index is 0.176. The maximum atomic E-state index is 13.0. The number of carbonyl (C=O) groups excluding carboxylic acids is 2. The van der Waals surface area contributed by atoms with Crippen molar-refractivity contribution in [2.24, 2.45) is 0 Å². The van der Waals surface area contributed by atoms with Crippen molar-refractivity contribution in [3.05, 3.63) is 207 Å². The number of unbranched alkanes of at least 4 members (excludes halogenated alkanes) is 21. The van der Waals surface area contributed by atoms with Crippen molar-refractivity contribution < 1.29 is 42.9 Å². The lowest BCUT2D eigenvalue weighted by molar-refractivity contribution is -0.870. The third-order valence-electron chi connectivity index (χ3n) is 16.0. The predicted molar refractivity (Wildman–Crippen MR) is 428 cm³/mol. The van der Waals surface area contributed by atoms with Crippen LogP contribution in [0.25, 0.3) is 0 Å². The first-order chi connectivity index (χ1) is 48.6. The molecule has 0 aliphatic rings. The lowest BCUT2D eigenvalue weighted by atomic mass is 10.0. The third kappa shape index (κ3) is 79.1. The van der Waals surface area contributed by atoms with E-state index in [0.717, 1.165) is 154 Å². The number of carboxylic acids is 1. The van der Waals surface area contributed by atoms with Gasteiger partial charge in [-0.15, -0.1) is 0 Å². The summed E-state index contributed by atoms with van der Waals surface area (Å²) in [5.74, 6) is -2.03. The van der Waals surface area contributed by atoms with Crippen molar-refractivity contribution in [1.82, 2.24) is 0 Å². The standard InChI is InChI=1S/C90H143NO8/c1-6-8-10-12-14-16-18-20-22-24-26-28-30-32-34-36-38-40-42-44-46-48-50-52-54-56-58-60-62-64-66-68-70-72-74-76-78-80-87(92)97-84-86(85-98-90(89(94)95)96-83-82-91(3,4)5)99-88(93)81-79-77-75-73-71-69-67-65-63-61-59-57-55-53-51-49-47-45-43-41-39-37-35-33-31-29-27-25-23-21-19-17-15-13-11-9-7-2/h8-11,14-17,20-23,26-29,32-35,38-41,44-47,50-53,57,59,86,90H,6-7,12-13,18-19,24-25,30-31,36-37,42-43,48-49,54-56,58,60-85H2,1-5H3/p+1/b10-8-,11-9-,16-14-,17-15-,22-20-,23-21-,28-26-,29-27-,34-32-,35-33-,40-38-,41-39-,46-44-,47-45-,52-50-,53-51-,59-57-. The highest BCUT2D eigenvalue weighted by Gasteiger charge is 2.25. The Kier molecular flexibility index (Phi) is 72.8. The summed E-state index contributed by atoms with van der Waals surface area (Å²) in [5, 5.41) is 9.77. The molecular formula is C90H144NO8+. The summed E-state index contributed by atoms with van der Waals surface area (Å²) in [7, 11) is 5.97. The number of rotatable bonds is 70. The zero-order valence-corrected chi connectivity index (χ0v) is 63.6. The molecule has 0 aromatic rings. The van der Waals surface area contributed by atoms with E-state index in [2.05, 4.69) is 220 Å². The number of likely N-dealkylation sites (N-methyl/N-ethyl adjacent to an activating group) is 1. The van der Waals surface area contributed by atoms with Gasteiger partial charge in [-0.05, 0) is 148 Å². The van der Waals surface area contributed by atoms with E-state index in [1.165, 1.54) is 96.3 Å². The van der Waals surface area contributed by atoms with Gasteiger partial charge in [-0.2, -0.15) is 0 Å². The second kappa shape index (κ2) is 77.6. The second-order valence-electron chi connectivity index (χ2n) is 26.6. The third-order valence-corrected chi connectivity index (χ3v) is 16.0. The van der Waals surface area contributed by atoms with Crippen LogP contribution in [0.5, 0.6) is 0 Å². The molecule has 556 valence electrons. The van der Waals surface area contributed by atoms with Gasteiger partial charge in [0.1, 0.15) is 13.2 Å². The Morgan fingerprint density at radius 1 is 0.303 bits per heavy atom. The first-order valence-corrected chi connectivity index (χ1v) is 39.2. The highest BCUT2D eigenvalue weighted by molar-refractivity contribution is 5.71. The minimum atomic E-state index is -1.53. The molecule has 0 heterocycles. The molecule has 1 N–H and O–H groups in total. The van der Waals surface area contributed by atoms with Crippen LogP contribution in [0, 0.1) is 0 Å². The molecule has 2 atom stereocenters. The first kappa shape index (κ1) is 92.9. The zero-order valence-electron chi connectivity index (χ0n) is 63.6. The van der Waals surface area contributed by atoms with Crippen LogP contribution in [0.2, 0.25) is 0 Å². The Morgan fingerprint density at radius 2 is 0.545 bits per heavy atom.